The third-order valence-corrected chi connectivity index (χ3v) is 2.44. The van der Waals surface area contributed by atoms with E-state index in [1.165, 1.54) is 6.33 Å². The number of nitrogens with zero attached hydrogens (tertiary/aromatic N) is 4. The molecule has 0 fully saturated rings. The maximum Gasteiger partial charge on any atom is 0.175 e. The Kier molecular flexibility index (Phi) is 2.12. The molecule has 2 rings (SSSR count). The van der Waals surface area contributed by atoms with Gasteiger partial charge in [-0.25, -0.2) is 9.97 Å². The van der Waals surface area contributed by atoms with Crippen molar-refractivity contribution in [1.29, 1.82) is 10.5 Å². The fraction of sp³-hybridized carbons (Fsp3) is 0.400. The molecule has 0 saturated heterocycles. The Morgan fingerprint density at radius 3 is 2.71 bits per heavy atom. The van der Waals surface area contributed by atoms with Crippen LogP contribution in [-0.2, 0) is 12.8 Å². The second-order valence-electron chi connectivity index (χ2n) is 3.23. The van der Waals surface area contributed by atoms with Crippen molar-refractivity contribution >= 4 is 0 Å². The van der Waals surface area contributed by atoms with Crippen molar-refractivity contribution < 1.29 is 0 Å². The molecule has 68 valence electrons. The largest absolute Gasteiger partial charge is 0.241 e. The first-order valence-corrected chi connectivity index (χ1v) is 4.48. The zero-order valence-electron chi connectivity index (χ0n) is 7.56. The summed E-state index contributed by atoms with van der Waals surface area (Å²) in [6.45, 7) is 0. The number of hydrogen-bond donors (Lipinski definition) is 0. The van der Waals surface area contributed by atoms with Crippen LogP contribution in [0.15, 0.2) is 6.33 Å². The maximum absolute atomic E-state index is 8.78. The van der Waals surface area contributed by atoms with Crippen LogP contribution in [-0.4, -0.2) is 9.97 Å². The monoisotopic (exact) mass is 184 g/mol. The smallest absolute Gasteiger partial charge is 0.175 e. The van der Waals surface area contributed by atoms with Crippen LogP contribution in [0.1, 0.15) is 29.3 Å². The van der Waals surface area contributed by atoms with Gasteiger partial charge in [-0.15, -0.1) is 0 Å². The molecule has 1 aromatic heterocycles. The van der Waals surface area contributed by atoms with Crippen LogP contribution in [0.4, 0.5) is 0 Å². The summed E-state index contributed by atoms with van der Waals surface area (Å²) in [5.74, 6) is -0.746. The Hall–Kier alpha value is -1.94. The molecule has 0 unspecified atom stereocenters. The van der Waals surface area contributed by atoms with Crippen LogP contribution in [0, 0.1) is 22.7 Å². The van der Waals surface area contributed by atoms with Crippen LogP contribution in [0.25, 0.3) is 0 Å². The fourth-order valence-corrected chi connectivity index (χ4v) is 1.78. The Bertz CT molecular complexity index is 424. The topological polar surface area (TPSA) is 73.4 Å². The van der Waals surface area contributed by atoms with Gasteiger partial charge in [0.2, 0.25) is 0 Å². The molecular formula is C10H8N4. The predicted octanol–water partition coefficient (Wildman–Crippen LogP) is 1.10. The summed E-state index contributed by atoms with van der Waals surface area (Å²) in [5, 5.41) is 17.6. The van der Waals surface area contributed by atoms with Crippen molar-refractivity contribution in [2.24, 2.45) is 0 Å². The molecule has 0 N–H and O–H groups in total. The second-order valence-corrected chi connectivity index (χ2v) is 3.23. The summed E-state index contributed by atoms with van der Waals surface area (Å²) >= 11 is 0. The van der Waals surface area contributed by atoms with E-state index in [1.54, 1.807) is 0 Å². The zero-order valence-corrected chi connectivity index (χ0v) is 7.56. The van der Waals surface area contributed by atoms with Gasteiger partial charge in [0, 0.05) is 5.69 Å². The Morgan fingerprint density at radius 2 is 2.00 bits per heavy atom. The molecule has 0 saturated carbocycles. The van der Waals surface area contributed by atoms with E-state index in [1.807, 2.05) is 12.1 Å². The molecule has 1 aliphatic carbocycles. The summed E-state index contributed by atoms with van der Waals surface area (Å²) in [7, 11) is 0. The molecule has 14 heavy (non-hydrogen) atoms. The summed E-state index contributed by atoms with van der Waals surface area (Å²) in [6, 6.07) is 3.89. The molecule has 1 heterocycles. The van der Waals surface area contributed by atoms with E-state index >= 15 is 0 Å². The molecule has 1 aromatic rings. The number of aromatic nitrogens is 2. The van der Waals surface area contributed by atoms with Crippen molar-refractivity contribution in [3.8, 4) is 12.1 Å². The average molecular weight is 184 g/mol. The lowest BCUT2D eigenvalue weighted by Crippen LogP contribution is -2.03. The summed E-state index contributed by atoms with van der Waals surface area (Å²) < 4.78 is 0. The Morgan fingerprint density at radius 1 is 1.21 bits per heavy atom. The van der Waals surface area contributed by atoms with Crippen LogP contribution in [0.3, 0.4) is 0 Å². The summed E-state index contributed by atoms with van der Waals surface area (Å²) in [5.41, 5.74) is 2.63. The van der Waals surface area contributed by atoms with E-state index in [-0.39, 0.29) is 0 Å². The van der Waals surface area contributed by atoms with E-state index in [4.69, 9.17) is 10.5 Å². The highest BCUT2D eigenvalue weighted by molar-refractivity contribution is 5.37. The Labute approximate surface area is 81.8 Å². The average Bonchev–Trinajstić information content (AvgIpc) is 2.68. The van der Waals surface area contributed by atoms with E-state index in [2.05, 4.69) is 9.97 Å². The first-order valence-electron chi connectivity index (χ1n) is 4.48. The van der Waals surface area contributed by atoms with Gasteiger partial charge in [-0.05, 0) is 24.8 Å². The number of hydrogen-bond acceptors (Lipinski definition) is 4. The second kappa shape index (κ2) is 3.43. The van der Waals surface area contributed by atoms with E-state index in [0.29, 0.717) is 5.69 Å². The molecule has 0 aromatic carbocycles. The number of aryl methyl sites for hydroxylation is 1. The van der Waals surface area contributed by atoms with Crippen molar-refractivity contribution in [1.82, 2.24) is 9.97 Å². The van der Waals surface area contributed by atoms with Gasteiger partial charge in [-0.1, -0.05) is 0 Å². The van der Waals surface area contributed by atoms with Gasteiger partial charge in [0.15, 0.2) is 5.92 Å². The molecule has 0 atom stereocenters. The van der Waals surface area contributed by atoms with Crippen LogP contribution in [0.2, 0.25) is 0 Å². The highest BCUT2D eigenvalue weighted by Gasteiger charge is 2.22. The van der Waals surface area contributed by atoms with Crippen molar-refractivity contribution in [3.05, 3.63) is 23.3 Å². The lowest BCUT2D eigenvalue weighted by Gasteiger charge is -2.05. The van der Waals surface area contributed by atoms with Gasteiger partial charge in [-0.3, -0.25) is 0 Å². The molecule has 0 bridgehead atoms. The summed E-state index contributed by atoms with van der Waals surface area (Å²) in [4.78, 5) is 8.18. The van der Waals surface area contributed by atoms with E-state index < -0.39 is 5.92 Å². The highest BCUT2D eigenvalue weighted by atomic mass is 14.9. The van der Waals surface area contributed by atoms with Gasteiger partial charge in [0.1, 0.15) is 6.33 Å². The standard InChI is InChI=1S/C10H8N4/c11-4-7(5-12)10-8-2-1-3-9(8)13-6-14-10/h6-7H,1-3H2. The molecule has 4 nitrogen and oxygen atoms in total. The van der Waals surface area contributed by atoms with Gasteiger partial charge in [0.25, 0.3) is 0 Å². The minimum absolute atomic E-state index is 0.609. The molecule has 0 radical (unpaired) electrons. The first kappa shape index (κ1) is 8.65. The molecule has 1 aliphatic rings. The SMILES string of the molecule is N#CC(C#N)c1ncnc2c1CCC2. The normalized spacial score (nSPS) is 13.4. The molecule has 0 amide bonds. The molecule has 4 heteroatoms. The van der Waals surface area contributed by atoms with E-state index in [9.17, 15) is 0 Å². The third kappa shape index (κ3) is 1.22. The highest BCUT2D eigenvalue weighted by Crippen LogP contribution is 2.26. The fourth-order valence-electron chi connectivity index (χ4n) is 1.78. The number of rotatable bonds is 1. The van der Waals surface area contributed by atoms with Gasteiger partial charge >= 0.3 is 0 Å². The van der Waals surface area contributed by atoms with Crippen molar-refractivity contribution in [2.45, 2.75) is 25.2 Å². The first-order chi connectivity index (χ1) is 6.86. The quantitative estimate of drug-likeness (QED) is 0.655. The van der Waals surface area contributed by atoms with Crippen molar-refractivity contribution in [2.75, 3.05) is 0 Å². The maximum atomic E-state index is 8.78. The third-order valence-electron chi connectivity index (χ3n) is 2.44. The van der Waals surface area contributed by atoms with Crippen LogP contribution in [0.5, 0.6) is 0 Å². The zero-order chi connectivity index (χ0) is 9.97. The molecule has 0 spiro atoms. The van der Waals surface area contributed by atoms with Gasteiger partial charge < -0.3 is 0 Å². The van der Waals surface area contributed by atoms with Gasteiger partial charge in [-0.2, -0.15) is 10.5 Å². The lowest BCUT2D eigenvalue weighted by atomic mass is 10.0. The van der Waals surface area contributed by atoms with Gasteiger partial charge in [0.05, 0.1) is 17.8 Å². The molecule has 0 aliphatic heterocycles. The number of fused-ring (bicyclic) bond motifs is 1. The molecular weight excluding hydrogens is 176 g/mol. The summed E-state index contributed by atoms with van der Waals surface area (Å²) in [6.07, 6.45) is 4.32. The lowest BCUT2D eigenvalue weighted by molar-refractivity contribution is 0.894. The van der Waals surface area contributed by atoms with E-state index in [0.717, 1.165) is 30.5 Å². The minimum Gasteiger partial charge on any atom is -0.241 e. The van der Waals surface area contributed by atoms with Crippen molar-refractivity contribution in [3.63, 3.8) is 0 Å². The number of nitriles is 2. The minimum atomic E-state index is -0.746. The van der Waals surface area contributed by atoms with Crippen LogP contribution < -0.4 is 0 Å². The Balaban J connectivity index is 2.51. The predicted molar refractivity (Wildman–Crippen MR) is 48.0 cm³/mol. The van der Waals surface area contributed by atoms with Crippen LogP contribution >= 0.6 is 0 Å².